The monoisotopic (exact) mass is 342 g/mol. The minimum atomic E-state index is -4.40. The van der Waals surface area contributed by atoms with Gasteiger partial charge in [-0.3, -0.25) is 10.1 Å². The van der Waals surface area contributed by atoms with Crippen LogP contribution in [0, 0.1) is 10.1 Å². The molecule has 0 heterocycles. The molecule has 0 aliphatic heterocycles. The second-order valence-electron chi connectivity index (χ2n) is 4.51. The molecule has 0 radical (unpaired) electrons. The maximum absolute atomic E-state index is 11.4. The number of hydrogen-bond donors (Lipinski definition) is 2. The Morgan fingerprint density at radius 1 is 1.27 bits per heavy atom. The van der Waals surface area contributed by atoms with Crippen molar-refractivity contribution in [3.63, 3.8) is 0 Å². The van der Waals surface area contributed by atoms with Gasteiger partial charge in [-0.1, -0.05) is 41.9 Å². The Kier molecular flexibility index (Phi) is 4.36. The molecule has 2 aromatic rings. The molecule has 0 saturated carbocycles. The lowest BCUT2D eigenvalue weighted by molar-refractivity contribution is -0.386. The molecule has 0 aliphatic carbocycles. The van der Waals surface area contributed by atoms with E-state index in [0.29, 0.717) is 0 Å². The summed E-state index contributed by atoms with van der Waals surface area (Å²) >= 11 is 5.82. The molecule has 0 atom stereocenters. The van der Waals surface area contributed by atoms with E-state index in [-0.39, 0.29) is 17.0 Å². The maximum atomic E-state index is 11.4. The standard InChI is InChI=1S/C13H11ClN2O5S/c14-10-7-9(6-8-4-2-1-3-5-8)11(16(18)19)12(17)13(10)22(15,20)21/h1-5,7,17H,6H2,(H2,15,20,21). The predicted molar refractivity (Wildman–Crippen MR) is 80.4 cm³/mol. The molecule has 9 heteroatoms. The van der Waals surface area contributed by atoms with Crippen LogP contribution in [-0.4, -0.2) is 18.4 Å². The summed E-state index contributed by atoms with van der Waals surface area (Å²) in [6, 6.07) is 9.89. The number of benzene rings is 2. The van der Waals surface area contributed by atoms with E-state index in [9.17, 15) is 23.6 Å². The zero-order valence-electron chi connectivity index (χ0n) is 11.1. The number of sulfonamides is 1. The van der Waals surface area contributed by atoms with Gasteiger partial charge in [0.05, 0.1) is 9.95 Å². The molecule has 3 N–H and O–H groups in total. The van der Waals surface area contributed by atoms with Crippen LogP contribution in [0.25, 0.3) is 0 Å². The summed E-state index contributed by atoms with van der Waals surface area (Å²) in [6.45, 7) is 0. The number of aromatic hydroxyl groups is 1. The normalized spacial score (nSPS) is 11.4. The fraction of sp³-hybridized carbons (Fsp3) is 0.0769. The molecule has 0 saturated heterocycles. The van der Waals surface area contributed by atoms with E-state index in [2.05, 4.69) is 0 Å². The first kappa shape index (κ1) is 16.2. The van der Waals surface area contributed by atoms with Crippen LogP contribution in [0.1, 0.15) is 11.1 Å². The smallest absolute Gasteiger partial charge is 0.315 e. The summed E-state index contributed by atoms with van der Waals surface area (Å²) in [4.78, 5) is 9.48. The first-order valence-electron chi connectivity index (χ1n) is 5.97. The third-order valence-corrected chi connectivity index (χ3v) is 4.36. The molecule has 0 fully saturated rings. The van der Waals surface area contributed by atoms with Gasteiger partial charge in [-0.05, 0) is 11.6 Å². The van der Waals surface area contributed by atoms with Crippen molar-refractivity contribution >= 4 is 27.3 Å². The number of nitro groups is 1. The molecule has 0 unspecified atom stereocenters. The van der Waals surface area contributed by atoms with Crippen LogP contribution in [0.2, 0.25) is 5.02 Å². The third-order valence-electron chi connectivity index (χ3n) is 2.97. The SMILES string of the molecule is NS(=O)(=O)c1c(Cl)cc(Cc2ccccc2)c([N+](=O)[O-])c1O. The lowest BCUT2D eigenvalue weighted by Gasteiger charge is -2.10. The van der Waals surface area contributed by atoms with Gasteiger partial charge in [0, 0.05) is 12.0 Å². The van der Waals surface area contributed by atoms with E-state index < -0.39 is 31.3 Å². The summed E-state index contributed by atoms with van der Waals surface area (Å²) < 4.78 is 22.9. The number of nitrogens with two attached hydrogens (primary N) is 1. The molecule has 0 amide bonds. The van der Waals surface area contributed by atoms with Gasteiger partial charge in [0.15, 0.2) is 0 Å². The second-order valence-corrected chi connectivity index (χ2v) is 6.41. The Morgan fingerprint density at radius 3 is 2.36 bits per heavy atom. The highest BCUT2D eigenvalue weighted by atomic mass is 35.5. The average Bonchev–Trinajstić information content (AvgIpc) is 2.36. The fourth-order valence-corrected chi connectivity index (χ4v) is 3.33. The van der Waals surface area contributed by atoms with E-state index in [0.717, 1.165) is 11.6 Å². The van der Waals surface area contributed by atoms with E-state index >= 15 is 0 Å². The highest BCUT2D eigenvalue weighted by molar-refractivity contribution is 7.89. The highest BCUT2D eigenvalue weighted by Gasteiger charge is 2.30. The van der Waals surface area contributed by atoms with Crippen LogP contribution in [0.4, 0.5) is 5.69 Å². The molecule has 0 aromatic heterocycles. The Hall–Kier alpha value is -2.16. The van der Waals surface area contributed by atoms with Crippen LogP contribution in [-0.2, 0) is 16.4 Å². The summed E-state index contributed by atoms with van der Waals surface area (Å²) in [5.41, 5.74) is 0.104. The van der Waals surface area contributed by atoms with Gasteiger partial charge in [-0.15, -0.1) is 0 Å². The van der Waals surface area contributed by atoms with Gasteiger partial charge in [0.25, 0.3) is 0 Å². The zero-order valence-corrected chi connectivity index (χ0v) is 12.6. The Bertz CT molecular complexity index is 837. The first-order valence-corrected chi connectivity index (χ1v) is 7.89. The minimum absolute atomic E-state index is 0.0890. The fourth-order valence-electron chi connectivity index (χ4n) is 2.08. The molecule has 116 valence electrons. The molecule has 2 rings (SSSR count). The number of nitrogens with zero attached hydrogens (tertiary/aromatic N) is 1. The van der Waals surface area contributed by atoms with Crippen LogP contribution in [0.3, 0.4) is 0 Å². The predicted octanol–water partition coefficient (Wildman–Crippen LogP) is 2.19. The van der Waals surface area contributed by atoms with Crippen molar-refractivity contribution in [3.8, 4) is 5.75 Å². The largest absolute Gasteiger partial charge is 0.501 e. The van der Waals surface area contributed by atoms with Crippen molar-refractivity contribution in [3.05, 3.63) is 62.7 Å². The molecular weight excluding hydrogens is 332 g/mol. The Balaban J connectivity index is 2.68. The van der Waals surface area contributed by atoms with Gasteiger partial charge in [0.1, 0.15) is 4.90 Å². The van der Waals surface area contributed by atoms with Crippen molar-refractivity contribution in [2.45, 2.75) is 11.3 Å². The molecule has 0 aliphatic rings. The lowest BCUT2D eigenvalue weighted by atomic mass is 10.0. The first-order chi connectivity index (χ1) is 10.2. The summed E-state index contributed by atoms with van der Waals surface area (Å²) in [7, 11) is -4.40. The summed E-state index contributed by atoms with van der Waals surface area (Å²) in [5.74, 6) is -1.05. The minimum Gasteiger partial charge on any atom is -0.501 e. The average molecular weight is 343 g/mol. The maximum Gasteiger partial charge on any atom is 0.315 e. The summed E-state index contributed by atoms with van der Waals surface area (Å²) in [5, 5.41) is 25.7. The number of nitro benzene ring substituents is 1. The van der Waals surface area contributed by atoms with E-state index in [1.54, 1.807) is 30.3 Å². The quantitative estimate of drug-likeness (QED) is 0.651. The van der Waals surface area contributed by atoms with Crippen molar-refractivity contribution in [2.75, 3.05) is 0 Å². The van der Waals surface area contributed by atoms with E-state index in [1.807, 2.05) is 0 Å². The second kappa shape index (κ2) is 5.91. The van der Waals surface area contributed by atoms with E-state index in [1.165, 1.54) is 0 Å². The Labute approximate surface area is 131 Å². The highest BCUT2D eigenvalue weighted by Crippen LogP contribution is 2.41. The zero-order chi connectivity index (χ0) is 16.5. The van der Waals surface area contributed by atoms with Crippen LogP contribution in [0.5, 0.6) is 5.75 Å². The number of primary sulfonamides is 1. The molecule has 0 bridgehead atoms. The number of phenolic OH excluding ortho intramolecular Hbond substituents is 1. The lowest BCUT2D eigenvalue weighted by Crippen LogP contribution is -2.14. The van der Waals surface area contributed by atoms with Gasteiger partial charge < -0.3 is 5.11 Å². The van der Waals surface area contributed by atoms with Crippen molar-refractivity contribution in [2.24, 2.45) is 5.14 Å². The van der Waals surface area contributed by atoms with Crippen LogP contribution in [0.15, 0.2) is 41.3 Å². The topological polar surface area (TPSA) is 124 Å². The van der Waals surface area contributed by atoms with E-state index in [4.69, 9.17) is 16.7 Å². The van der Waals surface area contributed by atoms with Crippen LogP contribution >= 0.6 is 11.6 Å². The van der Waals surface area contributed by atoms with Gasteiger partial charge in [-0.2, -0.15) is 0 Å². The number of hydrogen-bond acceptors (Lipinski definition) is 5. The third kappa shape index (κ3) is 3.19. The number of rotatable bonds is 4. The van der Waals surface area contributed by atoms with Crippen LogP contribution < -0.4 is 5.14 Å². The molecule has 2 aromatic carbocycles. The van der Waals surface area contributed by atoms with Gasteiger partial charge in [-0.25, -0.2) is 13.6 Å². The molecule has 7 nitrogen and oxygen atoms in total. The van der Waals surface area contributed by atoms with Gasteiger partial charge in [0.2, 0.25) is 15.8 Å². The number of halogens is 1. The number of phenols is 1. The summed E-state index contributed by atoms with van der Waals surface area (Å²) in [6.07, 6.45) is 0.106. The van der Waals surface area contributed by atoms with Crippen molar-refractivity contribution in [1.29, 1.82) is 0 Å². The molecule has 0 spiro atoms. The van der Waals surface area contributed by atoms with Gasteiger partial charge >= 0.3 is 5.69 Å². The molecule has 22 heavy (non-hydrogen) atoms. The molecular formula is C13H11ClN2O5S. The Morgan fingerprint density at radius 2 is 1.86 bits per heavy atom. The van der Waals surface area contributed by atoms with Crippen molar-refractivity contribution in [1.82, 2.24) is 0 Å². The van der Waals surface area contributed by atoms with Crippen molar-refractivity contribution < 1.29 is 18.4 Å².